The van der Waals surface area contributed by atoms with Crippen molar-refractivity contribution in [3.8, 4) is 0 Å². The highest BCUT2D eigenvalue weighted by Crippen LogP contribution is 2.32. The lowest BCUT2D eigenvalue weighted by Crippen LogP contribution is -2.29. The first-order valence-corrected chi connectivity index (χ1v) is 10.9. The van der Waals surface area contributed by atoms with Gasteiger partial charge in [-0.25, -0.2) is 4.39 Å². The van der Waals surface area contributed by atoms with E-state index in [1.54, 1.807) is 23.1 Å². The van der Waals surface area contributed by atoms with E-state index in [1.165, 1.54) is 23.9 Å². The zero-order valence-electron chi connectivity index (χ0n) is 15.9. The number of carbonyl (C=O) groups excluding carboxylic acids is 1. The largest absolute Gasteiger partial charge is 0.481 e. The molecule has 0 bridgehead atoms. The molecule has 0 aliphatic carbocycles. The van der Waals surface area contributed by atoms with Gasteiger partial charge in [0.2, 0.25) is 0 Å². The molecular formula is C21H26FNO3S2. The Bertz CT molecular complexity index is 736. The standard InChI is InChI=1S/C21H26FNO3S2/c22-17-11-9-10-16(14-17)15-18-20(26)23(21(27)28-18)13-8-6-4-2-1-3-5-7-12-19(24)25/h9-11,14-15H,1-8,12-13H2,(H,24,25)/b18-15+. The summed E-state index contributed by atoms with van der Waals surface area (Å²) in [5, 5.41) is 8.58. The Labute approximate surface area is 175 Å². The molecule has 0 radical (unpaired) electrons. The van der Waals surface area contributed by atoms with E-state index in [0.29, 0.717) is 21.3 Å². The molecule has 1 aliphatic heterocycles. The van der Waals surface area contributed by atoms with Crippen LogP contribution in [0.3, 0.4) is 0 Å². The molecule has 1 saturated heterocycles. The third-order valence-electron chi connectivity index (χ3n) is 4.54. The minimum atomic E-state index is -0.721. The Morgan fingerprint density at radius 2 is 1.75 bits per heavy atom. The van der Waals surface area contributed by atoms with E-state index < -0.39 is 5.97 Å². The van der Waals surface area contributed by atoms with Crippen LogP contribution in [-0.2, 0) is 9.59 Å². The van der Waals surface area contributed by atoms with Crippen LogP contribution in [-0.4, -0.2) is 32.7 Å². The molecule has 1 aliphatic rings. The van der Waals surface area contributed by atoms with Crippen molar-refractivity contribution in [2.24, 2.45) is 0 Å². The summed E-state index contributed by atoms with van der Waals surface area (Å²) in [6.45, 7) is 0.615. The third-order valence-corrected chi connectivity index (χ3v) is 5.92. The lowest BCUT2D eigenvalue weighted by molar-refractivity contribution is -0.137. The first-order chi connectivity index (χ1) is 13.5. The van der Waals surface area contributed by atoms with Gasteiger partial charge in [0, 0.05) is 13.0 Å². The molecule has 152 valence electrons. The van der Waals surface area contributed by atoms with Crippen LogP contribution in [0.15, 0.2) is 29.2 Å². The van der Waals surface area contributed by atoms with E-state index >= 15 is 0 Å². The molecule has 1 amide bonds. The second-order valence-corrected chi connectivity index (χ2v) is 8.54. The maximum absolute atomic E-state index is 13.3. The maximum atomic E-state index is 13.3. The van der Waals surface area contributed by atoms with Crippen LogP contribution in [0.1, 0.15) is 63.4 Å². The Balaban J connectivity index is 1.64. The van der Waals surface area contributed by atoms with Gasteiger partial charge in [0.05, 0.1) is 4.91 Å². The predicted octanol–water partition coefficient (Wildman–Crippen LogP) is 5.62. The zero-order valence-corrected chi connectivity index (χ0v) is 17.5. The summed E-state index contributed by atoms with van der Waals surface area (Å²) >= 11 is 6.60. The topological polar surface area (TPSA) is 57.6 Å². The summed E-state index contributed by atoms with van der Waals surface area (Å²) in [7, 11) is 0. The average molecular weight is 424 g/mol. The minimum absolute atomic E-state index is 0.0994. The number of benzene rings is 1. The maximum Gasteiger partial charge on any atom is 0.303 e. The second-order valence-electron chi connectivity index (χ2n) is 6.86. The van der Waals surface area contributed by atoms with E-state index in [0.717, 1.165) is 51.4 Å². The van der Waals surface area contributed by atoms with Crippen LogP contribution in [0.4, 0.5) is 4.39 Å². The van der Waals surface area contributed by atoms with E-state index in [2.05, 4.69) is 0 Å². The molecule has 1 heterocycles. The molecule has 1 aromatic rings. The summed E-state index contributed by atoms with van der Waals surface area (Å²) in [5.41, 5.74) is 0.656. The number of carboxylic acid groups (broad SMARTS) is 1. The number of hydrogen-bond acceptors (Lipinski definition) is 4. The monoisotopic (exact) mass is 423 g/mol. The number of amides is 1. The molecule has 0 aromatic heterocycles. The summed E-state index contributed by atoms with van der Waals surface area (Å²) in [6, 6.07) is 6.15. The van der Waals surface area contributed by atoms with Crippen molar-refractivity contribution in [1.82, 2.24) is 4.90 Å². The molecule has 2 rings (SSSR count). The average Bonchev–Trinajstić information content (AvgIpc) is 2.90. The van der Waals surface area contributed by atoms with Gasteiger partial charge in [-0.2, -0.15) is 0 Å². The van der Waals surface area contributed by atoms with Gasteiger partial charge in [-0.3, -0.25) is 14.5 Å². The molecular weight excluding hydrogens is 397 g/mol. The molecule has 28 heavy (non-hydrogen) atoms. The number of carbonyl (C=O) groups is 2. The van der Waals surface area contributed by atoms with Crippen molar-refractivity contribution in [2.45, 2.75) is 57.8 Å². The predicted molar refractivity (Wildman–Crippen MR) is 115 cm³/mol. The second kappa shape index (κ2) is 12.0. The van der Waals surface area contributed by atoms with E-state index in [-0.39, 0.29) is 18.1 Å². The Morgan fingerprint density at radius 3 is 2.39 bits per heavy atom. The molecule has 1 aromatic carbocycles. The lowest BCUT2D eigenvalue weighted by atomic mass is 10.1. The highest BCUT2D eigenvalue weighted by Gasteiger charge is 2.31. The molecule has 1 fully saturated rings. The van der Waals surface area contributed by atoms with Gasteiger partial charge in [-0.15, -0.1) is 0 Å². The van der Waals surface area contributed by atoms with Crippen LogP contribution in [0.25, 0.3) is 6.08 Å². The smallest absolute Gasteiger partial charge is 0.303 e. The van der Waals surface area contributed by atoms with Gasteiger partial charge < -0.3 is 5.11 Å². The highest BCUT2D eigenvalue weighted by atomic mass is 32.2. The molecule has 0 atom stereocenters. The van der Waals surface area contributed by atoms with Crippen molar-refractivity contribution in [1.29, 1.82) is 0 Å². The van der Waals surface area contributed by atoms with Gasteiger partial charge in [0.15, 0.2) is 0 Å². The summed E-state index contributed by atoms with van der Waals surface area (Å²) in [6.07, 6.45) is 10.0. The number of thiocarbonyl (C=S) groups is 1. The normalized spacial score (nSPS) is 15.6. The molecule has 1 N–H and O–H groups in total. The van der Waals surface area contributed by atoms with Gasteiger partial charge >= 0.3 is 5.97 Å². The van der Waals surface area contributed by atoms with Crippen molar-refractivity contribution >= 4 is 46.3 Å². The summed E-state index contributed by atoms with van der Waals surface area (Å²) in [5.74, 6) is -1.15. The number of rotatable bonds is 12. The molecule has 0 saturated carbocycles. The van der Waals surface area contributed by atoms with E-state index in [1.807, 2.05) is 0 Å². The van der Waals surface area contributed by atoms with Crippen LogP contribution >= 0.6 is 24.0 Å². The van der Waals surface area contributed by atoms with Crippen LogP contribution < -0.4 is 0 Å². The Kier molecular flexibility index (Phi) is 9.64. The summed E-state index contributed by atoms with van der Waals surface area (Å²) < 4.78 is 13.9. The fourth-order valence-electron chi connectivity index (χ4n) is 3.05. The van der Waals surface area contributed by atoms with Crippen LogP contribution in [0.5, 0.6) is 0 Å². The number of hydrogen-bond donors (Lipinski definition) is 1. The fraction of sp³-hybridized carbons (Fsp3) is 0.476. The number of unbranched alkanes of at least 4 members (excludes halogenated alkanes) is 7. The van der Waals surface area contributed by atoms with Gasteiger partial charge in [-0.1, -0.05) is 74.6 Å². The van der Waals surface area contributed by atoms with E-state index in [4.69, 9.17) is 17.3 Å². The zero-order chi connectivity index (χ0) is 20.4. The number of nitrogens with zero attached hydrogens (tertiary/aromatic N) is 1. The van der Waals surface area contributed by atoms with Crippen molar-refractivity contribution in [3.05, 3.63) is 40.6 Å². The van der Waals surface area contributed by atoms with E-state index in [9.17, 15) is 14.0 Å². The van der Waals surface area contributed by atoms with Gasteiger partial charge in [0.25, 0.3) is 5.91 Å². The SMILES string of the molecule is O=C(O)CCCCCCCCCCN1C(=O)/C(=C\c2cccc(F)c2)SC1=S. The molecule has 0 unspecified atom stereocenters. The quantitative estimate of drug-likeness (QED) is 0.268. The lowest BCUT2D eigenvalue weighted by Gasteiger charge is -2.14. The molecule has 0 spiro atoms. The minimum Gasteiger partial charge on any atom is -0.481 e. The van der Waals surface area contributed by atoms with Crippen molar-refractivity contribution in [2.75, 3.05) is 6.54 Å². The molecule has 7 heteroatoms. The van der Waals surface area contributed by atoms with Crippen LogP contribution in [0, 0.1) is 5.82 Å². The number of thioether (sulfide) groups is 1. The van der Waals surface area contributed by atoms with Crippen molar-refractivity contribution in [3.63, 3.8) is 0 Å². The fourth-order valence-corrected chi connectivity index (χ4v) is 4.36. The van der Waals surface area contributed by atoms with Gasteiger partial charge in [-0.05, 0) is 36.6 Å². The number of halogens is 1. The van der Waals surface area contributed by atoms with Crippen molar-refractivity contribution < 1.29 is 19.1 Å². The summed E-state index contributed by atoms with van der Waals surface area (Å²) in [4.78, 5) is 25.1. The third kappa shape index (κ3) is 7.72. The highest BCUT2D eigenvalue weighted by molar-refractivity contribution is 8.26. The first-order valence-electron chi connectivity index (χ1n) is 9.70. The number of carboxylic acids is 1. The molecule has 4 nitrogen and oxygen atoms in total. The Hall–Kier alpha value is -1.73. The first kappa shape index (κ1) is 22.6. The Morgan fingerprint density at radius 1 is 1.11 bits per heavy atom. The van der Waals surface area contributed by atoms with Crippen LogP contribution in [0.2, 0.25) is 0 Å². The van der Waals surface area contributed by atoms with Gasteiger partial charge in [0.1, 0.15) is 10.1 Å². The number of aliphatic carboxylic acids is 1.